The lowest BCUT2D eigenvalue weighted by Crippen LogP contribution is -2.01. The maximum atomic E-state index is 10.5. The molecule has 0 spiro atoms. The van der Waals surface area contributed by atoms with Crippen molar-refractivity contribution in [3.63, 3.8) is 0 Å². The van der Waals surface area contributed by atoms with Crippen LogP contribution in [-0.4, -0.2) is 33.5 Å². The molecule has 0 saturated carbocycles. The smallest absolute Gasteiger partial charge is 0.337 e. The predicted octanol–water partition coefficient (Wildman–Crippen LogP) is 0.446. The monoisotopic (exact) mass is 214 g/mol. The van der Waals surface area contributed by atoms with Gasteiger partial charge >= 0.3 is 5.97 Å². The number of carboxylic acids is 1. The molecule has 0 amide bonds. The Bertz CT molecular complexity index is 343. The summed E-state index contributed by atoms with van der Waals surface area (Å²) in [6.07, 6.45) is 1.25. The number of aromatic nitrogens is 1. The number of anilines is 1. The first-order valence-corrected chi connectivity index (χ1v) is 4.86. The highest BCUT2D eigenvalue weighted by molar-refractivity contribution is 7.99. The number of carbonyl (C=O) groups is 1. The summed E-state index contributed by atoms with van der Waals surface area (Å²) in [5.41, 5.74) is 5.96. The van der Waals surface area contributed by atoms with Crippen LogP contribution in [0.25, 0.3) is 0 Å². The van der Waals surface area contributed by atoms with Gasteiger partial charge in [-0.3, -0.25) is 0 Å². The van der Waals surface area contributed by atoms with E-state index in [1.807, 2.05) is 0 Å². The van der Waals surface area contributed by atoms with Gasteiger partial charge in [-0.15, -0.1) is 11.8 Å². The van der Waals surface area contributed by atoms with Crippen LogP contribution in [0.4, 0.5) is 5.69 Å². The topological polar surface area (TPSA) is 96.4 Å². The van der Waals surface area contributed by atoms with Crippen molar-refractivity contribution >= 4 is 23.4 Å². The van der Waals surface area contributed by atoms with Gasteiger partial charge in [0.2, 0.25) is 0 Å². The van der Waals surface area contributed by atoms with Crippen LogP contribution in [0.2, 0.25) is 0 Å². The molecule has 0 aliphatic carbocycles. The minimum absolute atomic E-state index is 0.0342. The standard InChI is InChI=1S/C8H10N2O3S/c9-6-3-5(8(12)13)4-10-7(6)14-2-1-11/h3-4,11H,1-2,9H2,(H,12,13). The maximum absolute atomic E-state index is 10.5. The van der Waals surface area contributed by atoms with Crippen molar-refractivity contribution in [2.75, 3.05) is 18.1 Å². The second kappa shape index (κ2) is 4.83. The third kappa shape index (κ3) is 2.61. The van der Waals surface area contributed by atoms with E-state index >= 15 is 0 Å². The van der Waals surface area contributed by atoms with E-state index in [0.717, 1.165) is 0 Å². The van der Waals surface area contributed by atoms with Crippen LogP contribution in [0.15, 0.2) is 17.3 Å². The Kier molecular flexibility index (Phi) is 3.73. The molecule has 0 aliphatic rings. The first-order chi connectivity index (χ1) is 6.65. The highest BCUT2D eigenvalue weighted by Gasteiger charge is 2.07. The van der Waals surface area contributed by atoms with Crippen molar-refractivity contribution in [2.24, 2.45) is 0 Å². The number of hydrogen-bond donors (Lipinski definition) is 3. The van der Waals surface area contributed by atoms with Crippen LogP contribution in [0.5, 0.6) is 0 Å². The van der Waals surface area contributed by atoms with E-state index < -0.39 is 5.97 Å². The highest BCUT2D eigenvalue weighted by atomic mass is 32.2. The van der Waals surface area contributed by atoms with E-state index in [9.17, 15) is 4.79 Å². The normalized spacial score (nSPS) is 10.1. The molecule has 1 aromatic heterocycles. The molecule has 0 unspecified atom stereocenters. The molecule has 1 aromatic rings. The SMILES string of the molecule is Nc1cc(C(=O)O)cnc1SCCO. The molecule has 0 atom stereocenters. The number of aromatic carboxylic acids is 1. The van der Waals surface area contributed by atoms with Gasteiger partial charge < -0.3 is 15.9 Å². The summed E-state index contributed by atoms with van der Waals surface area (Å²) >= 11 is 1.29. The van der Waals surface area contributed by atoms with E-state index in [1.54, 1.807) is 0 Å². The van der Waals surface area contributed by atoms with Crippen molar-refractivity contribution in [1.29, 1.82) is 0 Å². The van der Waals surface area contributed by atoms with Crippen LogP contribution >= 0.6 is 11.8 Å². The van der Waals surface area contributed by atoms with Gasteiger partial charge in [0.25, 0.3) is 0 Å². The molecule has 5 nitrogen and oxygen atoms in total. The van der Waals surface area contributed by atoms with Crippen LogP contribution in [0.3, 0.4) is 0 Å². The molecule has 1 rings (SSSR count). The molecule has 0 aromatic carbocycles. The number of nitrogen functional groups attached to an aromatic ring is 1. The van der Waals surface area contributed by atoms with Crippen molar-refractivity contribution in [2.45, 2.75) is 5.03 Å². The minimum atomic E-state index is -1.05. The Hall–Kier alpha value is -1.27. The van der Waals surface area contributed by atoms with Crippen molar-refractivity contribution < 1.29 is 15.0 Å². The molecule has 6 heteroatoms. The van der Waals surface area contributed by atoms with Crippen molar-refractivity contribution in [1.82, 2.24) is 4.98 Å². The van der Waals surface area contributed by atoms with Crippen LogP contribution < -0.4 is 5.73 Å². The summed E-state index contributed by atoms with van der Waals surface area (Å²) in [7, 11) is 0. The molecule has 0 bridgehead atoms. The Balaban J connectivity index is 2.84. The average Bonchev–Trinajstić information content (AvgIpc) is 2.15. The quantitative estimate of drug-likeness (QED) is 0.629. The average molecular weight is 214 g/mol. The number of thioether (sulfide) groups is 1. The maximum Gasteiger partial charge on any atom is 0.337 e. The van der Waals surface area contributed by atoms with E-state index in [0.29, 0.717) is 16.5 Å². The van der Waals surface area contributed by atoms with Gasteiger partial charge in [-0.2, -0.15) is 0 Å². The van der Waals surface area contributed by atoms with Gasteiger partial charge in [0.05, 0.1) is 17.9 Å². The number of pyridine rings is 1. The van der Waals surface area contributed by atoms with E-state index in [2.05, 4.69) is 4.98 Å². The summed E-state index contributed by atoms with van der Waals surface area (Å²) in [5.74, 6) is -0.563. The first kappa shape index (κ1) is 10.8. The molecule has 0 fully saturated rings. The lowest BCUT2D eigenvalue weighted by molar-refractivity contribution is 0.0696. The van der Waals surface area contributed by atoms with Gasteiger partial charge in [0.1, 0.15) is 5.03 Å². The molecule has 0 aliphatic heterocycles. The van der Waals surface area contributed by atoms with Crippen LogP contribution in [-0.2, 0) is 0 Å². The number of rotatable bonds is 4. The number of nitrogens with two attached hydrogens (primary N) is 1. The van der Waals surface area contributed by atoms with Gasteiger partial charge in [-0.1, -0.05) is 0 Å². The third-order valence-corrected chi connectivity index (χ3v) is 2.46. The largest absolute Gasteiger partial charge is 0.478 e. The Morgan fingerprint density at radius 2 is 2.36 bits per heavy atom. The highest BCUT2D eigenvalue weighted by Crippen LogP contribution is 2.22. The van der Waals surface area contributed by atoms with Crippen molar-refractivity contribution in [3.8, 4) is 0 Å². The Morgan fingerprint density at radius 3 is 2.86 bits per heavy atom. The summed E-state index contributed by atoms with van der Waals surface area (Å²) in [6, 6.07) is 1.36. The lowest BCUT2D eigenvalue weighted by Gasteiger charge is -2.03. The molecule has 4 N–H and O–H groups in total. The Morgan fingerprint density at radius 1 is 1.64 bits per heavy atom. The molecule has 76 valence electrons. The van der Waals surface area contributed by atoms with Gasteiger partial charge in [0, 0.05) is 11.9 Å². The molecule has 14 heavy (non-hydrogen) atoms. The number of nitrogens with zero attached hydrogens (tertiary/aromatic N) is 1. The third-order valence-electron chi connectivity index (χ3n) is 1.46. The van der Waals surface area contributed by atoms with Gasteiger partial charge in [0.15, 0.2) is 0 Å². The number of hydrogen-bond acceptors (Lipinski definition) is 5. The first-order valence-electron chi connectivity index (χ1n) is 3.87. The van der Waals surface area contributed by atoms with Gasteiger partial charge in [-0.05, 0) is 6.07 Å². The minimum Gasteiger partial charge on any atom is -0.478 e. The fourth-order valence-electron chi connectivity index (χ4n) is 0.849. The molecular weight excluding hydrogens is 204 g/mol. The molecule has 0 radical (unpaired) electrons. The van der Waals surface area contributed by atoms with Gasteiger partial charge in [-0.25, -0.2) is 9.78 Å². The number of aliphatic hydroxyl groups is 1. The van der Waals surface area contributed by atoms with Crippen LogP contribution in [0.1, 0.15) is 10.4 Å². The second-order valence-corrected chi connectivity index (χ2v) is 3.58. The van der Waals surface area contributed by atoms with E-state index in [-0.39, 0.29) is 12.2 Å². The summed E-state index contributed by atoms with van der Waals surface area (Å²) in [4.78, 5) is 14.4. The summed E-state index contributed by atoms with van der Waals surface area (Å²) in [6.45, 7) is 0.0342. The zero-order valence-corrected chi connectivity index (χ0v) is 8.12. The molecule has 0 saturated heterocycles. The molecular formula is C8H10N2O3S. The lowest BCUT2D eigenvalue weighted by atomic mass is 10.3. The van der Waals surface area contributed by atoms with Crippen molar-refractivity contribution in [3.05, 3.63) is 17.8 Å². The summed E-state index contributed by atoms with van der Waals surface area (Å²) in [5, 5.41) is 17.8. The zero-order chi connectivity index (χ0) is 10.6. The number of carboxylic acid groups (broad SMARTS) is 1. The zero-order valence-electron chi connectivity index (χ0n) is 7.30. The number of aliphatic hydroxyl groups excluding tert-OH is 1. The van der Waals surface area contributed by atoms with E-state index in [4.69, 9.17) is 15.9 Å². The Labute approximate surface area is 85.0 Å². The fraction of sp³-hybridized carbons (Fsp3) is 0.250. The second-order valence-electron chi connectivity index (χ2n) is 2.50. The fourth-order valence-corrected chi connectivity index (χ4v) is 1.49. The molecule has 1 heterocycles. The summed E-state index contributed by atoms with van der Waals surface area (Å²) < 4.78 is 0. The van der Waals surface area contributed by atoms with Crippen LogP contribution in [0, 0.1) is 0 Å². The van der Waals surface area contributed by atoms with E-state index in [1.165, 1.54) is 24.0 Å². The predicted molar refractivity (Wildman–Crippen MR) is 53.4 cm³/mol.